The molecule has 8 nitrogen and oxygen atoms in total. The average molecular weight is 469 g/mol. The van der Waals surface area contributed by atoms with Gasteiger partial charge in [-0.3, -0.25) is 14.8 Å². The molecule has 0 bridgehead atoms. The lowest BCUT2D eigenvalue weighted by Crippen LogP contribution is -2.29. The molecule has 0 aliphatic heterocycles. The standard InChI is InChI=1S/C27H28N6O2/c1-33(2)25(34)18-30-23-12-4-10-21(31-23)27(22-11-5-13-24(32-22)35-3)26(19-8-6-14-28-16-19)20-9-7-15-29-17-20/h4-17,26-27H,18H2,1-3H3,(H,30,31). The topological polar surface area (TPSA) is 93.1 Å². The van der Waals surface area contributed by atoms with Crippen LogP contribution in [0.1, 0.15) is 34.4 Å². The van der Waals surface area contributed by atoms with Gasteiger partial charge in [-0.2, -0.15) is 0 Å². The van der Waals surface area contributed by atoms with Crippen LogP contribution in [-0.2, 0) is 4.79 Å². The van der Waals surface area contributed by atoms with Crippen molar-refractivity contribution in [3.8, 4) is 5.88 Å². The number of methoxy groups -OCH3 is 1. The summed E-state index contributed by atoms with van der Waals surface area (Å²) in [6.07, 6.45) is 7.24. The minimum absolute atomic E-state index is 0.0354. The van der Waals surface area contributed by atoms with Gasteiger partial charge in [0, 0.05) is 50.9 Å². The Labute approximate surface area is 205 Å². The lowest BCUT2D eigenvalue weighted by Gasteiger charge is -2.27. The van der Waals surface area contributed by atoms with E-state index in [1.54, 1.807) is 38.5 Å². The Kier molecular flexibility index (Phi) is 7.62. The fraction of sp³-hybridized carbons (Fsp3) is 0.222. The number of likely N-dealkylation sites (N-methyl/N-ethyl adjacent to an activating group) is 1. The second-order valence-electron chi connectivity index (χ2n) is 8.22. The number of nitrogens with zero attached hydrogens (tertiary/aromatic N) is 5. The third-order valence-corrected chi connectivity index (χ3v) is 5.70. The van der Waals surface area contributed by atoms with Crippen LogP contribution in [0.3, 0.4) is 0 Å². The van der Waals surface area contributed by atoms with Crippen LogP contribution in [0.2, 0.25) is 0 Å². The van der Waals surface area contributed by atoms with Gasteiger partial charge in [0.15, 0.2) is 0 Å². The SMILES string of the molecule is COc1cccc(C(c2cccc(NCC(=O)N(C)C)n2)C(c2cccnc2)c2cccnc2)n1. The molecule has 0 spiro atoms. The van der Waals surface area contributed by atoms with E-state index in [0.29, 0.717) is 11.7 Å². The van der Waals surface area contributed by atoms with E-state index < -0.39 is 0 Å². The first-order valence-corrected chi connectivity index (χ1v) is 11.3. The van der Waals surface area contributed by atoms with Crippen molar-refractivity contribution < 1.29 is 9.53 Å². The summed E-state index contributed by atoms with van der Waals surface area (Å²) in [4.78, 5) is 32.1. The van der Waals surface area contributed by atoms with E-state index in [1.807, 2.05) is 60.9 Å². The van der Waals surface area contributed by atoms with E-state index >= 15 is 0 Å². The zero-order chi connectivity index (χ0) is 24.6. The molecule has 178 valence electrons. The summed E-state index contributed by atoms with van der Waals surface area (Å²) in [5, 5.41) is 3.14. The summed E-state index contributed by atoms with van der Waals surface area (Å²) in [7, 11) is 5.06. The zero-order valence-electron chi connectivity index (χ0n) is 20.0. The molecule has 1 amide bonds. The van der Waals surface area contributed by atoms with E-state index in [4.69, 9.17) is 14.7 Å². The van der Waals surface area contributed by atoms with E-state index in [-0.39, 0.29) is 24.3 Å². The minimum atomic E-state index is -0.273. The number of hydrogen-bond acceptors (Lipinski definition) is 7. The first kappa shape index (κ1) is 23.8. The van der Waals surface area contributed by atoms with E-state index in [0.717, 1.165) is 22.5 Å². The monoisotopic (exact) mass is 468 g/mol. The molecule has 1 atom stereocenters. The maximum atomic E-state index is 12.1. The Bertz CT molecular complexity index is 1210. The van der Waals surface area contributed by atoms with Crippen LogP contribution in [0.25, 0.3) is 0 Å². The molecule has 0 aromatic carbocycles. The fourth-order valence-electron chi connectivity index (χ4n) is 3.96. The van der Waals surface area contributed by atoms with Gasteiger partial charge in [0.25, 0.3) is 0 Å². The van der Waals surface area contributed by atoms with Gasteiger partial charge in [-0.05, 0) is 41.5 Å². The molecule has 1 unspecified atom stereocenters. The van der Waals surface area contributed by atoms with Crippen LogP contribution in [0.5, 0.6) is 5.88 Å². The highest BCUT2D eigenvalue weighted by Gasteiger charge is 2.31. The highest BCUT2D eigenvalue weighted by Crippen LogP contribution is 2.41. The Hall–Kier alpha value is -4.33. The van der Waals surface area contributed by atoms with Crippen LogP contribution in [0.15, 0.2) is 85.5 Å². The average Bonchev–Trinajstić information content (AvgIpc) is 2.91. The number of anilines is 1. The molecule has 4 aromatic rings. The molecule has 8 heteroatoms. The molecule has 4 aromatic heterocycles. The predicted molar refractivity (Wildman–Crippen MR) is 134 cm³/mol. The second kappa shape index (κ2) is 11.2. The number of ether oxygens (including phenoxy) is 1. The number of hydrogen-bond donors (Lipinski definition) is 1. The van der Waals surface area contributed by atoms with Crippen molar-refractivity contribution in [2.24, 2.45) is 0 Å². The second-order valence-corrected chi connectivity index (χ2v) is 8.22. The van der Waals surface area contributed by atoms with Crippen LogP contribution in [0, 0.1) is 0 Å². The molecule has 0 fully saturated rings. The quantitative estimate of drug-likeness (QED) is 0.400. The van der Waals surface area contributed by atoms with Crippen molar-refractivity contribution in [3.05, 3.63) is 108 Å². The van der Waals surface area contributed by atoms with Crippen LogP contribution in [0.4, 0.5) is 5.82 Å². The van der Waals surface area contributed by atoms with Gasteiger partial charge < -0.3 is 15.0 Å². The third-order valence-electron chi connectivity index (χ3n) is 5.70. The normalized spacial score (nSPS) is 11.7. The molecule has 4 rings (SSSR count). The fourth-order valence-corrected chi connectivity index (χ4v) is 3.96. The first-order valence-electron chi connectivity index (χ1n) is 11.3. The highest BCUT2D eigenvalue weighted by molar-refractivity contribution is 5.80. The largest absolute Gasteiger partial charge is 0.481 e. The Balaban J connectivity index is 1.84. The predicted octanol–water partition coefficient (Wildman–Crippen LogP) is 3.74. The molecule has 0 aliphatic carbocycles. The summed E-state index contributed by atoms with van der Waals surface area (Å²) >= 11 is 0. The number of carbonyl (C=O) groups is 1. The van der Waals surface area contributed by atoms with Crippen molar-refractivity contribution in [1.82, 2.24) is 24.8 Å². The summed E-state index contributed by atoms with van der Waals surface area (Å²) < 4.78 is 5.43. The number of amides is 1. The summed E-state index contributed by atoms with van der Waals surface area (Å²) in [6, 6.07) is 19.4. The Morgan fingerprint density at radius 3 is 2.06 bits per heavy atom. The van der Waals surface area contributed by atoms with Gasteiger partial charge in [0.1, 0.15) is 5.82 Å². The summed E-state index contributed by atoms with van der Waals surface area (Å²) in [6.45, 7) is 0.153. The van der Waals surface area contributed by atoms with Crippen LogP contribution < -0.4 is 10.1 Å². The molecule has 35 heavy (non-hydrogen) atoms. The molecule has 0 saturated heterocycles. The van der Waals surface area contributed by atoms with Crippen molar-refractivity contribution in [2.45, 2.75) is 11.8 Å². The van der Waals surface area contributed by atoms with Gasteiger partial charge in [-0.1, -0.05) is 24.3 Å². The van der Waals surface area contributed by atoms with E-state index in [1.165, 1.54) is 0 Å². The van der Waals surface area contributed by atoms with Gasteiger partial charge in [0.05, 0.1) is 31.0 Å². The smallest absolute Gasteiger partial charge is 0.241 e. The summed E-state index contributed by atoms with van der Waals surface area (Å²) in [5.41, 5.74) is 3.62. The molecule has 0 aliphatic rings. The maximum Gasteiger partial charge on any atom is 0.241 e. The number of rotatable bonds is 9. The van der Waals surface area contributed by atoms with Crippen molar-refractivity contribution >= 4 is 11.7 Å². The molecular formula is C27H28N6O2. The summed E-state index contributed by atoms with van der Waals surface area (Å²) in [5.74, 6) is 0.663. The van der Waals surface area contributed by atoms with E-state index in [2.05, 4.69) is 27.4 Å². The molecule has 0 radical (unpaired) electrons. The third kappa shape index (κ3) is 5.78. The van der Waals surface area contributed by atoms with Crippen molar-refractivity contribution in [3.63, 3.8) is 0 Å². The minimum Gasteiger partial charge on any atom is -0.481 e. The van der Waals surface area contributed by atoms with Crippen LogP contribution in [-0.4, -0.2) is 58.5 Å². The molecule has 4 heterocycles. The number of pyridine rings is 4. The van der Waals surface area contributed by atoms with Gasteiger partial charge in [0.2, 0.25) is 11.8 Å². The Morgan fingerprint density at radius 2 is 1.49 bits per heavy atom. The van der Waals surface area contributed by atoms with Crippen LogP contribution >= 0.6 is 0 Å². The lowest BCUT2D eigenvalue weighted by atomic mass is 9.78. The van der Waals surface area contributed by atoms with Gasteiger partial charge >= 0.3 is 0 Å². The van der Waals surface area contributed by atoms with Gasteiger partial charge in [-0.15, -0.1) is 0 Å². The molecule has 0 saturated carbocycles. The number of nitrogens with one attached hydrogen (secondary N) is 1. The molecule has 1 N–H and O–H groups in total. The van der Waals surface area contributed by atoms with Gasteiger partial charge in [-0.25, -0.2) is 9.97 Å². The molecular weight excluding hydrogens is 440 g/mol. The first-order chi connectivity index (χ1) is 17.1. The van der Waals surface area contributed by atoms with Crippen molar-refractivity contribution in [2.75, 3.05) is 33.1 Å². The highest BCUT2D eigenvalue weighted by atomic mass is 16.5. The zero-order valence-corrected chi connectivity index (χ0v) is 20.0. The number of aromatic nitrogens is 4. The number of carbonyl (C=O) groups excluding carboxylic acids is 1. The lowest BCUT2D eigenvalue weighted by molar-refractivity contribution is -0.126. The van der Waals surface area contributed by atoms with Crippen molar-refractivity contribution in [1.29, 1.82) is 0 Å². The van der Waals surface area contributed by atoms with E-state index in [9.17, 15) is 4.79 Å². The maximum absolute atomic E-state index is 12.1. The Morgan fingerprint density at radius 1 is 0.857 bits per heavy atom.